The van der Waals surface area contributed by atoms with Crippen LogP contribution < -0.4 is 23.6 Å². The van der Waals surface area contributed by atoms with Crippen molar-refractivity contribution in [3.8, 4) is 28.4 Å². The molecule has 0 aliphatic carbocycles. The van der Waals surface area contributed by atoms with Crippen LogP contribution in [0.5, 0.6) is 17.2 Å². The summed E-state index contributed by atoms with van der Waals surface area (Å²) >= 11 is 0. The Bertz CT molecular complexity index is 1940. The van der Waals surface area contributed by atoms with Gasteiger partial charge >= 0.3 is 14.3 Å². The van der Waals surface area contributed by atoms with Crippen molar-refractivity contribution in [1.29, 1.82) is 0 Å². The van der Waals surface area contributed by atoms with E-state index in [9.17, 15) is 9.69 Å². The molecular weight excluding hydrogens is 601 g/mol. The number of carbonyl (C=O) groups excluding carboxylic acids is 1. The molecule has 0 unspecified atom stereocenters. The highest BCUT2D eigenvalue weighted by Crippen LogP contribution is 2.62. The highest BCUT2D eigenvalue weighted by atomic mass is 31.2. The number of amides is 1. The maximum absolute atomic E-state index is 14.7. The summed E-state index contributed by atoms with van der Waals surface area (Å²) in [6.45, 7) is 15.0. The van der Waals surface area contributed by atoms with Crippen LogP contribution in [0.1, 0.15) is 31.9 Å². The first-order chi connectivity index (χ1) is 21.9. The molecule has 0 atom stereocenters. The number of nitrogens with zero attached hydrogens (tertiary/aromatic N) is 1. The molecule has 5 aromatic carbocycles. The Morgan fingerprint density at radius 2 is 1.43 bits per heavy atom. The Balaban J connectivity index is 1.50. The maximum Gasteiger partial charge on any atom is 0.519 e. The second kappa shape index (κ2) is 11.7. The van der Waals surface area contributed by atoms with Crippen LogP contribution in [0.4, 0.5) is 10.5 Å². The van der Waals surface area contributed by atoms with Crippen LogP contribution in [0, 0.1) is 6.92 Å². The van der Waals surface area contributed by atoms with Crippen LogP contribution in [0.3, 0.4) is 0 Å². The minimum atomic E-state index is -4.56. The number of phosphoric acid groups is 1. The zero-order valence-corrected chi connectivity index (χ0v) is 27.2. The first-order valence-electron chi connectivity index (χ1n) is 14.7. The number of carbonyl (C=O) groups is 1. The van der Waals surface area contributed by atoms with E-state index in [4.69, 9.17) is 23.0 Å². The fraction of sp³-hybridized carbons (Fsp3) is 0.162. The van der Waals surface area contributed by atoms with E-state index in [0.717, 1.165) is 32.0 Å². The molecule has 1 heterocycles. The summed E-state index contributed by atoms with van der Waals surface area (Å²) in [6, 6.07) is 26.4. The number of fused-ring (bicyclic) bond motifs is 7. The highest BCUT2D eigenvalue weighted by Gasteiger charge is 2.46. The lowest BCUT2D eigenvalue weighted by molar-refractivity contribution is -0.226. The van der Waals surface area contributed by atoms with Gasteiger partial charge in [0.25, 0.3) is 5.88 Å². The molecule has 0 spiro atoms. The summed E-state index contributed by atoms with van der Waals surface area (Å²) in [5.41, 5.74) is 2.19. The maximum atomic E-state index is 14.7. The molecule has 46 heavy (non-hydrogen) atoms. The smallest absolute Gasteiger partial charge is 0.519 e. The first kappa shape index (κ1) is 31.0. The van der Waals surface area contributed by atoms with Crippen molar-refractivity contribution in [2.75, 3.05) is 12.0 Å². The van der Waals surface area contributed by atoms with Gasteiger partial charge in [0.1, 0.15) is 11.4 Å². The largest absolute Gasteiger partial charge is 0.583 e. The lowest BCUT2D eigenvalue weighted by Crippen LogP contribution is -2.38. The molecule has 0 radical (unpaired) electrons. The molecule has 8 nitrogen and oxygen atoms in total. The third-order valence-electron chi connectivity index (χ3n) is 7.51. The average molecular weight is 636 g/mol. The quantitative estimate of drug-likeness (QED) is 0.136. The van der Waals surface area contributed by atoms with Crippen molar-refractivity contribution in [3.63, 3.8) is 0 Å². The molecule has 234 valence electrons. The van der Waals surface area contributed by atoms with E-state index in [1.807, 2.05) is 67.6 Å². The Morgan fingerprint density at radius 3 is 1.93 bits per heavy atom. The average Bonchev–Trinajstić information content (AvgIpc) is 3.13. The minimum Gasteiger partial charge on any atom is -0.583 e. The molecule has 0 saturated heterocycles. The van der Waals surface area contributed by atoms with Crippen LogP contribution in [0.15, 0.2) is 104 Å². The fourth-order valence-corrected chi connectivity index (χ4v) is 6.83. The molecule has 0 saturated carbocycles. The molecular formula is C37H34NO7P. The summed E-state index contributed by atoms with van der Waals surface area (Å²) in [5.74, 6) is 0.699. The predicted molar refractivity (Wildman–Crippen MR) is 182 cm³/mol. The number of aryl methyl sites for hydroxylation is 1. The van der Waals surface area contributed by atoms with Crippen molar-refractivity contribution in [3.05, 3.63) is 115 Å². The van der Waals surface area contributed by atoms with Gasteiger partial charge in [-0.1, -0.05) is 73.3 Å². The number of anilines is 1. The van der Waals surface area contributed by atoms with E-state index in [2.05, 4.69) is 13.2 Å². The van der Waals surface area contributed by atoms with Gasteiger partial charge in [0.05, 0.1) is 12.8 Å². The number of hydrogen-bond acceptors (Lipinski definition) is 7. The Morgan fingerprint density at radius 1 is 0.891 bits per heavy atom. The Labute approximate surface area is 268 Å². The van der Waals surface area contributed by atoms with Crippen molar-refractivity contribution in [2.45, 2.75) is 33.3 Å². The normalized spacial score (nSPS) is 13.3. The second-order valence-corrected chi connectivity index (χ2v) is 13.3. The second-order valence-electron chi connectivity index (χ2n) is 11.8. The molecule has 0 fully saturated rings. The van der Waals surface area contributed by atoms with Gasteiger partial charge in [-0.3, -0.25) is 13.6 Å². The predicted octanol–water partition coefficient (Wildman–Crippen LogP) is 9.36. The lowest BCUT2D eigenvalue weighted by atomic mass is 9.92. The van der Waals surface area contributed by atoms with Crippen LogP contribution >= 0.6 is 8.17 Å². The van der Waals surface area contributed by atoms with Gasteiger partial charge in [0.15, 0.2) is 11.5 Å². The van der Waals surface area contributed by atoms with Gasteiger partial charge in [-0.05, 0) is 79.6 Å². The van der Waals surface area contributed by atoms with Crippen molar-refractivity contribution in [1.82, 2.24) is 0 Å². The van der Waals surface area contributed by atoms with Crippen molar-refractivity contribution in [2.24, 2.45) is 0 Å². The summed E-state index contributed by atoms with van der Waals surface area (Å²) in [7, 11) is -3.04. The highest BCUT2D eigenvalue weighted by molar-refractivity contribution is 7.55. The van der Waals surface area contributed by atoms with Crippen molar-refractivity contribution < 1.29 is 32.7 Å². The van der Waals surface area contributed by atoms with Gasteiger partial charge in [0.2, 0.25) is 0 Å². The molecule has 1 aliphatic heterocycles. The van der Waals surface area contributed by atoms with Crippen LogP contribution in [0.25, 0.3) is 38.7 Å². The summed E-state index contributed by atoms with van der Waals surface area (Å²) < 4.78 is 29.6. The van der Waals surface area contributed by atoms with Crippen LogP contribution in [0.2, 0.25) is 0 Å². The van der Waals surface area contributed by atoms with Crippen molar-refractivity contribution >= 4 is 47.6 Å². The van der Waals surface area contributed by atoms with Gasteiger partial charge in [-0.2, -0.15) is 0 Å². The topological polar surface area (TPSA) is 89.5 Å². The van der Waals surface area contributed by atoms with E-state index in [1.54, 1.807) is 51.1 Å². The molecule has 1 amide bonds. The molecule has 1 aliphatic rings. The van der Waals surface area contributed by atoms with E-state index >= 15 is 0 Å². The van der Waals surface area contributed by atoms with Gasteiger partial charge in [-0.15, -0.1) is 0 Å². The SMILES string of the molecule is C=Cc1c(C)cc(OC)cc1N(C(=C)O[P+]1([O-])Oc2ccc3ccccc3c2-c2c(ccc3ccccc23)O1)C(=O)OC(C)(C)C. The first-order valence-corrected chi connectivity index (χ1v) is 16.1. The molecule has 6 rings (SSSR count). The van der Waals surface area contributed by atoms with Gasteiger partial charge in [0, 0.05) is 22.8 Å². The number of hydrogen-bond donors (Lipinski definition) is 0. The number of phosphoric ester groups is 1. The molecule has 9 heteroatoms. The minimum absolute atomic E-state index is 0.290. The fourth-order valence-electron chi connectivity index (χ4n) is 5.60. The van der Waals surface area contributed by atoms with E-state index in [1.165, 1.54) is 7.11 Å². The van der Waals surface area contributed by atoms with E-state index in [0.29, 0.717) is 28.1 Å². The third kappa shape index (κ3) is 5.73. The van der Waals surface area contributed by atoms with Crippen LogP contribution in [-0.4, -0.2) is 18.8 Å². The Kier molecular flexibility index (Phi) is 7.88. The van der Waals surface area contributed by atoms with E-state index in [-0.39, 0.29) is 17.4 Å². The number of rotatable bonds is 6. The summed E-state index contributed by atoms with van der Waals surface area (Å²) in [6.07, 6.45) is 0.769. The third-order valence-corrected chi connectivity index (χ3v) is 8.79. The van der Waals surface area contributed by atoms with Gasteiger partial charge in [-0.25, -0.2) is 9.69 Å². The standard InChI is InChI=1S/C37H34NO7P/c1-8-28-23(2)21-27(41-7)22-31(28)38(36(39)42-37(4,5)6)24(3)43-46(40)44-32-19-17-25-13-9-11-15-29(25)34(32)35-30-16-12-10-14-26(30)18-20-33(35)45-46/h8-22H,1,3H2,2,4-7H3. The summed E-state index contributed by atoms with van der Waals surface area (Å²) in [4.78, 5) is 29.6. The molecule has 5 aromatic rings. The molecule has 0 N–H and O–H groups in total. The lowest BCUT2D eigenvalue weighted by Gasteiger charge is -2.31. The number of benzene rings is 5. The Hall–Kier alpha value is -5.04. The van der Waals surface area contributed by atoms with E-state index < -0.39 is 19.9 Å². The molecule has 0 bridgehead atoms. The molecule has 0 aromatic heterocycles. The monoisotopic (exact) mass is 635 g/mol. The zero-order chi connectivity index (χ0) is 32.8. The zero-order valence-electron chi connectivity index (χ0n) is 26.3. The number of methoxy groups -OCH3 is 1. The summed E-state index contributed by atoms with van der Waals surface area (Å²) in [5, 5.41) is 3.69. The van der Waals surface area contributed by atoms with Crippen LogP contribution in [-0.2, 0) is 9.26 Å². The van der Waals surface area contributed by atoms with Gasteiger partial charge < -0.3 is 14.4 Å². The number of ether oxygens (including phenoxy) is 2.